The monoisotopic (exact) mass is 293 g/mol. The molecule has 0 aliphatic carbocycles. The second-order valence-electron chi connectivity index (χ2n) is 4.03. The Morgan fingerprint density at radius 3 is 2.68 bits per heavy atom. The third-order valence-electron chi connectivity index (χ3n) is 2.68. The highest BCUT2D eigenvalue weighted by atomic mass is 32.2. The van der Waals surface area contributed by atoms with Gasteiger partial charge in [-0.25, -0.2) is 0 Å². The number of nitrogens with one attached hydrogen (secondary N) is 1. The number of methoxy groups -OCH3 is 1. The summed E-state index contributed by atoms with van der Waals surface area (Å²) >= 11 is 1.65. The van der Waals surface area contributed by atoms with Gasteiger partial charge in [-0.15, -0.1) is 0 Å². The molecule has 0 aliphatic heterocycles. The van der Waals surface area contributed by atoms with Crippen LogP contribution in [0, 0.1) is 0 Å². The van der Waals surface area contributed by atoms with Crippen LogP contribution in [0.15, 0.2) is 24.3 Å². The fourth-order valence-electron chi connectivity index (χ4n) is 1.62. The molecule has 1 aromatic rings. The van der Waals surface area contributed by atoms with Gasteiger partial charge in [-0.3, -0.25) is 0 Å². The highest BCUT2D eigenvalue weighted by molar-refractivity contribution is 7.99. The quantitative estimate of drug-likeness (QED) is 0.779. The number of benzene rings is 1. The van der Waals surface area contributed by atoms with Crippen molar-refractivity contribution in [1.82, 2.24) is 5.32 Å². The molecule has 0 fully saturated rings. The van der Waals surface area contributed by atoms with E-state index in [4.69, 9.17) is 4.74 Å². The minimum Gasteiger partial charge on any atom is -0.384 e. The van der Waals surface area contributed by atoms with Crippen LogP contribution < -0.4 is 5.32 Å². The molecule has 6 heteroatoms. The van der Waals surface area contributed by atoms with Crippen molar-refractivity contribution in [1.29, 1.82) is 0 Å². The van der Waals surface area contributed by atoms with E-state index < -0.39 is 11.7 Å². The lowest BCUT2D eigenvalue weighted by Gasteiger charge is -2.18. The van der Waals surface area contributed by atoms with Gasteiger partial charge in [0.2, 0.25) is 0 Å². The third-order valence-corrected chi connectivity index (χ3v) is 3.71. The number of thioether (sulfide) groups is 1. The molecule has 0 bridgehead atoms. The Kier molecular flexibility index (Phi) is 6.68. The molecular formula is C13H18F3NOS. The molecular weight excluding hydrogens is 275 g/mol. The molecule has 0 aliphatic rings. The molecule has 19 heavy (non-hydrogen) atoms. The van der Waals surface area contributed by atoms with Crippen LogP contribution in [0.1, 0.15) is 17.2 Å². The Hall–Kier alpha value is -0.720. The first-order valence-corrected chi connectivity index (χ1v) is 7.05. The van der Waals surface area contributed by atoms with Gasteiger partial charge in [-0.2, -0.15) is 24.9 Å². The molecule has 108 valence electrons. The number of alkyl halides is 3. The molecule has 1 N–H and O–H groups in total. The van der Waals surface area contributed by atoms with Gasteiger partial charge < -0.3 is 10.1 Å². The van der Waals surface area contributed by atoms with Crippen LogP contribution in [-0.2, 0) is 10.9 Å². The maximum absolute atomic E-state index is 12.6. The van der Waals surface area contributed by atoms with Gasteiger partial charge in [0.1, 0.15) is 0 Å². The second-order valence-corrected chi connectivity index (χ2v) is 5.18. The van der Waals surface area contributed by atoms with Crippen molar-refractivity contribution in [3.8, 4) is 0 Å². The number of hydrogen-bond donors (Lipinski definition) is 1. The van der Waals surface area contributed by atoms with Crippen molar-refractivity contribution in [3.63, 3.8) is 0 Å². The van der Waals surface area contributed by atoms with Crippen LogP contribution in [0.5, 0.6) is 0 Å². The van der Waals surface area contributed by atoms with E-state index in [9.17, 15) is 13.2 Å². The number of rotatable bonds is 7. The smallest absolute Gasteiger partial charge is 0.384 e. The Morgan fingerprint density at radius 1 is 1.37 bits per heavy atom. The summed E-state index contributed by atoms with van der Waals surface area (Å²) in [5.74, 6) is 1.54. The van der Waals surface area contributed by atoms with Gasteiger partial charge in [0.15, 0.2) is 0 Å². The zero-order valence-electron chi connectivity index (χ0n) is 11.0. The van der Waals surface area contributed by atoms with E-state index in [-0.39, 0.29) is 6.04 Å². The van der Waals surface area contributed by atoms with E-state index in [0.717, 1.165) is 11.8 Å². The van der Waals surface area contributed by atoms with E-state index in [1.54, 1.807) is 32.0 Å². The van der Waals surface area contributed by atoms with Gasteiger partial charge in [0.05, 0.1) is 12.2 Å². The van der Waals surface area contributed by atoms with E-state index in [0.29, 0.717) is 17.9 Å². The lowest BCUT2D eigenvalue weighted by molar-refractivity contribution is -0.137. The molecule has 1 unspecified atom stereocenters. The van der Waals surface area contributed by atoms with Crippen molar-refractivity contribution >= 4 is 11.8 Å². The second kappa shape index (κ2) is 7.77. The minimum absolute atomic E-state index is 0.0934. The maximum atomic E-state index is 12.6. The molecule has 0 amide bonds. The van der Waals surface area contributed by atoms with Gasteiger partial charge in [-0.05, 0) is 24.7 Å². The fourth-order valence-corrected chi connectivity index (χ4v) is 2.67. The molecule has 0 radical (unpaired) electrons. The van der Waals surface area contributed by atoms with Gasteiger partial charge in [0.25, 0.3) is 0 Å². The largest absolute Gasteiger partial charge is 0.416 e. The van der Waals surface area contributed by atoms with E-state index >= 15 is 0 Å². The number of halogens is 3. The molecule has 2 nitrogen and oxygen atoms in total. The van der Waals surface area contributed by atoms with E-state index in [1.807, 2.05) is 0 Å². The number of hydrogen-bond acceptors (Lipinski definition) is 3. The summed E-state index contributed by atoms with van der Waals surface area (Å²) < 4.78 is 42.9. The zero-order chi connectivity index (χ0) is 14.3. The Bertz CT molecular complexity index is 384. The third kappa shape index (κ3) is 5.42. The predicted octanol–water partition coefficient (Wildman–Crippen LogP) is 3.35. The van der Waals surface area contributed by atoms with Gasteiger partial charge >= 0.3 is 6.18 Å². The first-order chi connectivity index (χ1) is 8.99. The van der Waals surface area contributed by atoms with Crippen LogP contribution in [0.2, 0.25) is 0 Å². The van der Waals surface area contributed by atoms with Crippen LogP contribution in [0.4, 0.5) is 13.2 Å². The average molecular weight is 293 g/mol. The SMILES string of the molecule is CNC(CSCCOC)c1cccc(C(F)(F)F)c1. The molecule has 1 atom stereocenters. The zero-order valence-corrected chi connectivity index (χ0v) is 11.8. The normalized spacial score (nSPS) is 13.5. The minimum atomic E-state index is -4.29. The van der Waals surface area contributed by atoms with Crippen LogP contribution >= 0.6 is 11.8 Å². The Morgan fingerprint density at radius 2 is 2.11 bits per heavy atom. The highest BCUT2D eigenvalue weighted by Crippen LogP contribution is 2.31. The summed E-state index contributed by atoms with van der Waals surface area (Å²) in [6.45, 7) is 0.643. The lowest BCUT2D eigenvalue weighted by atomic mass is 10.1. The molecule has 0 heterocycles. The van der Waals surface area contributed by atoms with Crippen LogP contribution in [-0.4, -0.2) is 32.3 Å². The standard InChI is InChI=1S/C13H18F3NOS/c1-17-12(9-19-7-6-18-2)10-4-3-5-11(8-10)13(14,15)16/h3-5,8,12,17H,6-7,9H2,1-2H3. The molecule has 0 saturated heterocycles. The summed E-state index contributed by atoms with van der Waals surface area (Å²) in [6, 6.07) is 5.37. The molecule has 1 aromatic carbocycles. The van der Waals surface area contributed by atoms with Crippen molar-refractivity contribution in [2.45, 2.75) is 12.2 Å². The van der Waals surface area contributed by atoms with Gasteiger partial charge in [-0.1, -0.05) is 12.1 Å². The van der Waals surface area contributed by atoms with E-state index in [2.05, 4.69) is 5.32 Å². The Balaban J connectivity index is 2.70. The average Bonchev–Trinajstić information content (AvgIpc) is 2.38. The first kappa shape index (κ1) is 16.3. The summed E-state index contributed by atoms with van der Waals surface area (Å²) in [5.41, 5.74) is 0.0504. The highest BCUT2D eigenvalue weighted by Gasteiger charge is 2.30. The van der Waals surface area contributed by atoms with Gasteiger partial charge in [0, 0.05) is 24.7 Å². The number of ether oxygens (including phenoxy) is 1. The van der Waals surface area contributed by atoms with Crippen molar-refractivity contribution in [3.05, 3.63) is 35.4 Å². The molecule has 0 saturated carbocycles. The summed E-state index contributed by atoms with van der Waals surface area (Å²) in [7, 11) is 3.38. The Labute approximate surface area is 115 Å². The van der Waals surface area contributed by atoms with Crippen molar-refractivity contribution in [2.75, 3.05) is 32.3 Å². The topological polar surface area (TPSA) is 21.3 Å². The van der Waals surface area contributed by atoms with Crippen molar-refractivity contribution in [2.24, 2.45) is 0 Å². The summed E-state index contributed by atoms with van der Waals surface area (Å²) in [5, 5.41) is 3.04. The lowest BCUT2D eigenvalue weighted by Crippen LogP contribution is -2.20. The summed E-state index contributed by atoms with van der Waals surface area (Å²) in [4.78, 5) is 0. The molecule has 0 aromatic heterocycles. The van der Waals surface area contributed by atoms with Crippen LogP contribution in [0.3, 0.4) is 0 Å². The molecule has 0 spiro atoms. The van der Waals surface area contributed by atoms with Crippen LogP contribution in [0.25, 0.3) is 0 Å². The van der Waals surface area contributed by atoms with E-state index in [1.165, 1.54) is 12.1 Å². The first-order valence-electron chi connectivity index (χ1n) is 5.90. The molecule has 1 rings (SSSR count). The summed E-state index contributed by atoms with van der Waals surface area (Å²) in [6.07, 6.45) is -4.29. The van der Waals surface area contributed by atoms with Crippen molar-refractivity contribution < 1.29 is 17.9 Å². The predicted molar refractivity (Wildman–Crippen MR) is 72.4 cm³/mol. The maximum Gasteiger partial charge on any atom is 0.416 e. The fraction of sp³-hybridized carbons (Fsp3) is 0.538.